The minimum absolute atomic E-state index is 1.31. The van der Waals surface area contributed by atoms with Gasteiger partial charge >= 0.3 is 0 Å². The molecule has 0 rings (SSSR count). The molecule has 0 unspecified atom stereocenters. The molecule has 0 nitrogen and oxygen atoms in total. The lowest BCUT2D eigenvalue weighted by atomic mass is 10.1. The van der Waals surface area contributed by atoms with E-state index in [1.54, 1.807) is 0 Å². The Bertz CT molecular complexity index is 108. The summed E-state index contributed by atoms with van der Waals surface area (Å²) >= 11 is 0. The first kappa shape index (κ1) is 13.0. The van der Waals surface area contributed by atoms with Crippen molar-refractivity contribution >= 4 is 10.2 Å². The van der Waals surface area contributed by atoms with Crippen molar-refractivity contribution < 1.29 is 0 Å². The smallest absolute Gasteiger partial charge is 0.00281 e. The number of allylic oxidation sites excluding steroid dienone is 2. The van der Waals surface area contributed by atoms with E-state index in [9.17, 15) is 0 Å². The number of hydrogen-bond donors (Lipinski definition) is 0. The summed E-state index contributed by atoms with van der Waals surface area (Å²) < 4.78 is 0. The molecule has 0 heterocycles. The van der Waals surface area contributed by atoms with Gasteiger partial charge in [0.05, 0.1) is 0 Å². The van der Waals surface area contributed by atoms with Gasteiger partial charge < -0.3 is 0 Å². The molecule has 0 saturated heterocycles. The van der Waals surface area contributed by atoms with Crippen LogP contribution in [0.4, 0.5) is 0 Å². The maximum Gasteiger partial charge on any atom is 0.00281 e. The number of rotatable bonds is 9. The lowest BCUT2D eigenvalue weighted by Crippen LogP contribution is -1.76. The zero-order chi connectivity index (χ0) is 9.78. The molecule has 0 amide bonds. The topological polar surface area (TPSA) is 0 Å². The minimum Gasteiger partial charge on any atom is -0.0886 e. The lowest BCUT2D eigenvalue weighted by Gasteiger charge is -1.96. The predicted molar refractivity (Wildman–Crippen MR) is 66.5 cm³/mol. The summed E-state index contributed by atoms with van der Waals surface area (Å²) in [6.45, 7) is 2.27. The summed E-state index contributed by atoms with van der Waals surface area (Å²) in [5.41, 5.74) is 0. The van der Waals surface area contributed by atoms with Crippen molar-refractivity contribution in [1.82, 2.24) is 0 Å². The zero-order valence-corrected chi connectivity index (χ0v) is 11.5. The van der Waals surface area contributed by atoms with Crippen LogP contribution in [0, 0.1) is 0 Å². The Kier molecular flexibility index (Phi) is 11.9. The summed E-state index contributed by atoms with van der Waals surface area (Å²) in [5, 5.41) is 0. The van der Waals surface area contributed by atoms with Crippen molar-refractivity contribution in [3.63, 3.8) is 0 Å². The first-order chi connectivity index (χ1) is 6.41. The number of hydrogen-bond acceptors (Lipinski definition) is 0. The quantitative estimate of drug-likeness (QED) is 0.302. The average Bonchev–Trinajstić information content (AvgIpc) is 2.16. The molecule has 0 aromatic carbocycles. The van der Waals surface area contributed by atoms with Gasteiger partial charge in [-0.3, -0.25) is 0 Å². The molecule has 0 aliphatic carbocycles. The molecule has 0 fully saturated rings. The van der Waals surface area contributed by atoms with Gasteiger partial charge in [0.2, 0.25) is 0 Å². The maximum absolute atomic E-state index is 2.38. The van der Waals surface area contributed by atoms with Gasteiger partial charge in [-0.25, -0.2) is 0 Å². The van der Waals surface area contributed by atoms with Crippen LogP contribution in [-0.4, -0.2) is 10.2 Å². The van der Waals surface area contributed by atoms with Gasteiger partial charge in [-0.2, -0.15) is 0 Å². The van der Waals surface area contributed by atoms with Gasteiger partial charge in [0, 0.05) is 10.2 Å². The second kappa shape index (κ2) is 12.0. The first-order valence-corrected chi connectivity index (χ1v) is 7.48. The van der Waals surface area contributed by atoms with Crippen LogP contribution in [0.5, 0.6) is 0 Å². The van der Waals surface area contributed by atoms with Crippen molar-refractivity contribution in [3.8, 4) is 0 Å². The van der Waals surface area contributed by atoms with Crippen molar-refractivity contribution in [2.24, 2.45) is 0 Å². The van der Waals surface area contributed by atoms with E-state index in [1.165, 1.54) is 67.7 Å². The Morgan fingerprint density at radius 3 is 2.08 bits per heavy atom. The highest BCUT2D eigenvalue weighted by Crippen LogP contribution is 2.05. The summed E-state index contributed by atoms with van der Waals surface area (Å²) in [5.74, 6) is 0. The van der Waals surface area contributed by atoms with E-state index in [0.29, 0.717) is 0 Å². The highest BCUT2D eigenvalue weighted by atomic mass is 28.1. The van der Waals surface area contributed by atoms with Gasteiger partial charge in [0.25, 0.3) is 0 Å². The van der Waals surface area contributed by atoms with E-state index in [4.69, 9.17) is 0 Å². The fourth-order valence-electron chi connectivity index (χ4n) is 1.42. The first-order valence-electron chi connectivity index (χ1n) is 6.06. The van der Waals surface area contributed by atoms with E-state index in [0.717, 1.165) is 0 Å². The summed E-state index contributed by atoms with van der Waals surface area (Å²) in [7, 11) is 1.38. The second-order valence-electron chi connectivity index (χ2n) is 3.82. The molecule has 78 valence electrons. The second-order valence-corrected chi connectivity index (χ2v) is 4.82. The standard InChI is InChI=1S/C12H26Si/c1-2-3-4-5-6-7-8-9-10-11-12-13/h8-9H,2-7,10-12H2,1,13H3. The van der Waals surface area contributed by atoms with Gasteiger partial charge in [-0.1, -0.05) is 57.2 Å². The van der Waals surface area contributed by atoms with Crippen LogP contribution in [0.15, 0.2) is 12.2 Å². The van der Waals surface area contributed by atoms with Crippen molar-refractivity contribution in [1.29, 1.82) is 0 Å². The van der Waals surface area contributed by atoms with Crippen molar-refractivity contribution in [3.05, 3.63) is 12.2 Å². The third kappa shape index (κ3) is 12.0. The van der Waals surface area contributed by atoms with E-state index in [-0.39, 0.29) is 0 Å². The lowest BCUT2D eigenvalue weighted by molar-refractivity contribution is 0.637. The highest BCUT2D eigenvalue weighted by molar-refractivity contribution is 6.08. The molecular formula is C12H26Si. The van der Waals surface area contributed by atoms with Crippen LogP contribution in [0.25, 0.3) is 0 Å². The zero-order valence-electron chi connectivity index (χ0n) is 9.52. The molecule has 0 saturated carbocycles. The molecule has 0 bridgehead atoms. The Morgan fingerprint density at radius 1 is 0.846 bits per heavy atom. The molecule has 0 aromatic heterocycles. The van der Waals surface area contributed by atoms with E-state index in [1.807, 2.05) is 0 Å². The highest BCUT2D eigenvalue weighted by Gasteiger charge is 1.86. The monoisotopic (exact) mass is 198 g/mol. The summed E-state index contributed by atoms with van der Waals surface area (Å²) in [6, 6.07) is 1.46. The van der Waals surface area contributed by atoms with E-state index in [2.05, 4.69) is 19.1 Å². The van der Waals surface area contributed by atoms with Crippen LogP contribution >= 0.6 is 0 Å². The van der Waals surface area contributed by atoms with Gasteiger partial charge in [-0.05, 0) is 19.3 Å². The van der Waals surface area contributed by atoms with Crippen LogP contribution in [-0.2, 0) is 0 Å². The predicted octanol–water partition coefficient (Wildman–Crippen LogP) is 3.47. The van der Waals surface area contributed by atoms with Crippen molar-refractivity contribution in [2.75, 3.05) is 0 Å². The average molecular weight is 198 g/mol. The number of unbranched alkanes of at least 4 members (excludes halogenated alkanes) is 6. The summed E-state index contributed by atoms with van der Waals surface area (Å²) in [4.78, 5) is 0. The van der Waals surface area contributed by atoms with Crippen LogP contribution in [0.2, 0.25) is 6.04 Å². The van der Waals surface area contributed by atoms with Gasteiger partial charge in [0.15, 0.2) is 0 Å². The van der Waals surface area contributed by atoms with Gasteiger partial charge in [-0.15, -0.1) is 0 Å². The molecule has 1 heteroatoms. The fourth-order valence-corrected chi connectivity index (χ4v) is 1.83. The molecule has 13 heavy (non-hydrogen) atoms. The SMILES string of the molecule is CCCCCCCC=CCCC[SiH3]. The van der Waals surface area contributed by atoms with Crippen LogP contribution in [0.1, 0.15) is 58.3 Å². The molecule has 0 aliphatic rings. The van der Waals surface area contributed by atoms with Crippen LogP contribution in [0.3, 0.4) is 0 Å². The molecule has 0 N–H and O–H groups in total. The summed E-state index contributed by atoms with van der Waals surface area (Å²) in [6.07, 6.45) is 15.8. The Labute approximate surface area is 87.2 Å². The van der Waals surface area contributed by atoms with Gasteiger partial charge in [0.1, 0.15) is 0 Å². The fraction of sp³-hybridized carbons (Fsp3) is 0.833. The maximum atomic E-state index is 2.38. The third-order valence-corrected chi connectivity index (χ3v) is 3.07. The van der Waals surface area contributed by atoms with Crippen LogP contribution < -0.4 is 0 Å². The van der Waals surface area contributed by atoms with Crippen molar-refractivity contribution in [2.45, 2.75) is 64.3 Å². The molecule has 0 aromatic rings. The molecular weight excluding hydrogens is 172 g/mol. The molecule has 0 radical (unpaired) electrons. The van der Waals surface area contributed by atoms with E-state index < -0.39 is 0 Å². The third-order valence-electron chi connectivity index (χ3n) is 2.37. The Hall–Kier alpha value is -0.0431. The Balaban J connectivity index is 2.93. The normalized spacial score (nSPS) is 11.5. The molecule has 0 aliphatic heterocycles. The van der Waals surface area contributed by atoms with E-state index >= 15 is 0 Å². The largest absolute Gasteiger partial charge is 0.0886 e. The Morgan fingerprint density at radius 2 is 1.46 bits per heavy atom. The molecule has 0 atom stereocenters. The molecule has 0 spiro atoms. The minimum atomic E-state index is 1.31.